The number of ketones is 1. The van der Waals surface area contributed by atoms with E-state index in [-0.39, 0.29) is 6.42 Å². The van der Waals surface area contributed by atoms with E-state index in [0.29, 0.717) is 5.75 Å². The van der Waals surface area contributed by atoms with Crippen LogP contribution >= 0.6 is 11.8 Å². The van der Waals surface area contributed by atoms with Gasteiger partial charge in [-0.1, -0.05) is 6.92 Å². The van der Waals surface area contributed by atoms with Crippen LogP contribution in [0.1, 0.15) is 26.2 Å². The number of aliphatic carboxylic acids is 3. The highest BCUT2D eigenvalue weighted by Gasteiger charge is 2.36. The predicted octanol–water partition coefficient (Wildman–Crippen LogP) is 0.0525. The van der Waals surface area contributed by atoms with E-state index in [1.54, 1.807) is 0 Å². The zero-order valence-corrected chi connectivity index (χ0v) is 13.3. The summed E-state index contributed by atoms with van der Waals surface area (Å²) in [7, 11) is 0. The minimum atomic E-state index is -2.31. The molecule has 0 rings (SSSR count). The molecule has 0 aromatic carbocycles. The highest BCUT2D eigenvalue weighted by Crippen LogP contribution is 2.14. The zero-order valence-electron chi connectivity index (χ0n) is 12.5. The number of carbonyl (C=O) groups is 4. The topological polar surface area (TPSA) is 158 Å². The largest absolute Gasteiger partial charge is 0.481 e. The maximum Gasteiger partial charge on any atom is 0.332 e. The smallest absolute Gasteiger partial charge is 0.332 e. The van der Waals surface area contributed by atoms with Crippen molar-refractivity contribution < 1.29 is 44.3 Å². The number of hydrogen-bond acceptors (Lipinski definition) is 7. The minimum Gasteiger partial charge on any atom is -0.481 e. The molecule has 0 aromatic heterocycles. The third-order valence-electron chi connectivity index (χ3n) is 2.71. The van der Waals surface area contributed by atoms with Crippen molar-refractivity contribution in [3.8, 4) is 0 Å². The molecule has 3 unspecified atom stereocenters. The molecule has 23 heavy (non-hydrogen) atoms. The Morgan fingerprint density at radius 2 is 1.65 bits per heavy atom. The molecule has 0 amide bonds. The molecule has 4 N–H and O–H groups in total. The van der Waals surface area contributed by atoms with Crippen LogP contribution in [-0.4, -0.2) is 68.0 Å². The van der Waals surface area contributed by atoms with E-state index in [1.165, 1.54) is 11.8 Å². The molecular formula is C13H20O9S. The Bertz CT molecular complexity index is 437. The fourth-order valence-corrected chi connectivity index (χ4v) is 2.44. The predicted molar refractivity (Wildman–Crippen MR) is 79.1 cm³/mol. The molecule has 0 aliphatic heterocycles. The van der Waals surface area contributed by atoms with Gasteiger partial charge >= 0.3 is 17.9 Å². The Balaban J connectivity index is 4.72. The van der Waals surface area contributed by atoms with Crippen LogP contribution in [0.4, 0.5) is 0 Å². The zero-order chi connectivity index (χ0) is 18.0. The van der Waals surface area contributed by atoms with Crippen LogP contribution in [-0.2, 0) is 23.9 Å². The van der Waals surface area contributed by atoms with Gasteiger partial charge in [0.2, 0.25) is 12.1 Å². The summed E-state index contributed by atoms with van der Waals surface area (Å²) in [5.41, 5.74) is 0. The summed E-state index contributed by atoms with van der Waals surface area (Å²) in [6.07, 6.45) is -3.91. The summed E-state index contributed by atoms with van der Waals surface area (Å²) < 4.78 is 4.70. The summed E-state index contributed by atoms with van der Waals surface area (Å²) >= 11 is 1.47. The van der Waals surface area contributed by atoms with Crippen LogP contribution < -0.4 is 0 Å². The molecule has 0 spiro atoms. The van der Waals surface area contributed by atoms with E-state index in [1.807, 2.05) is 6.92 Å². The molecule has 132 valence electrons. The lowest BCUT2D eigenvalue weighted by atomic mass is 10.00. The average molecular weight is 352 g/mol. The van der Waals surface area contributed by atoms with Crippen molar-refractivity contribution in [2.75, 3.05) is 11.5 Å². The van der Waals surface area contributed by atoms with Gasteiger partial charge in [-0.25, -0.2) is 4.79 Å². The normalized spacial score (nSPS) is 14.7. The molecule has 0 radical (unpaired) electrons. The molecule has 0 bridgehead atoms. The van der Waals surface area contributed by atoms with Gasteiger partial charge < -0.3 is 25.2 Å². The molecule has 0 heterocycles. The standard InChI is InChI=1S/C13H20O9S/c1-2-4-23-5-3-8(12(19)20)22-13(21)10(16)7(11(17)18)6-9(14)15/h7-8,13,21H,2-6H2,1H3,(H,14,15)(H,17,18)(H,19,20). The quantitative estimate of drug-likeness (QED) is 0.203. The number of thioether (sulfide) groups is 1. The van der Waals surface area contributed by atoms with Gasteiger partial charge in [0.15, 0.2) is 6.10 Å². The first-order chi connectivity index (χ1) is 10.7. The fourth-order valence-electron chi connectivity index (χ4n) is 1.57. The van der Waals surface area contributed by atoms with Gasteiger partial charge in [0, 0.05) is 0 Å². The maximum absolute atomic E-state index is 11.7. The van der Waals surface area contributed by atoms with Gasteiger partial charge in [-0.2, -0.15) is 11.8 Å². The van der Waals surface area contributed by atoms with E-state index in [0.717, 1.165) is 12.2 Å². The van der Waals surface area contributed by atoms with E-state index in [2.05, 4.69) is 0 Å². The molecule has 10 heteroatoms. The van der Waals surface area contributed by atoms with Crippen LogP contribution in [0.25, 0.3) is 0 Å². The monoisotopic (exact) mass is 352 g/mol. The molecule has 0 saturated heterocycles. The van der Waals surface area contributed by atoms with Gasteiger partial charge in [-0.05, 0) is 24.3 Å². The highest BCUT2D eigenvalue weighted by atomic mass is 32.2. The second kappa shape index (κ2) is 11.0. The van der Waals surface area contributed by atoms with Crippen molar-refractivity contribution in [3.63, 3.8) is 0 Å². The van der Waals surface area contributed by atoms with Crippen molar-refractivity contribution in [1.82, 2.24) is 0 Å². The molecule has 0 fully saturated rings. The number of Topliss-reactive ketones (excluding diaryl/α,β-unsaturated/α-hetero) is 1. The molecular weight excluding hydrogens is 332 g/mol. The van der Waals surface area contributed by atoms with Gasteiger partial charge in [0.1, 0.15) is 5.92 Å². The van der Waals surface area contributed by atoms with Crippen molar-refractivity contribution in [3.05, 3.63) is 0 Å². The van der Waals surface area contributed by atoms with Crippen LogP contribution in [0.2, 0.25) is 0 Å². The third kappa shape index (κ3) is 8.53. The second-order valence-corrected chi connectivity index (χ2v) is 5.83. The van der Waals surface area contributed by atoms with Crippen molar-refractivity contribution in [2.24, 2.45) is 5.92 Å². The lowest BCUT2D eigenvalue weighted by molar-refractivity contribution is -0.185. The molecule has 0 aromatic rings. The first-order valence-corrected chi connectivity index (χ1v) is 7.98. The SMILES string of the molecule is CCCSCCC(OC(O)C(=O)C(CC(=O)O)C(=O)O)C(=O)O. The molecule has 0 saturated carbocycles. The number of hydrogen-bond donors (Lipinski definition) is 4. The number of carbonyl (C=O) groups excluding carboxylic acids is 1. The van der Waals surface area contributed by atoms with Gasteiger partial charge in [-0.15, -0.1) is 0 Å². The number of ether oxygens (including phenoxy) is 1. The van der Waals surface area contributed by atoms with E-state index >= 15 is 0 Å². The maximum atomic E-state index is 11.7. The Kier molecular flexibility index (Phi) is 10.2. The van der Waals surface area contributed by atoms with Crippen LogP contribution in [0.15, 0.2) is 0 Å². The summed E-state index contributed by atoms with van der Waals surface area (Å²) in [6, 6.07) is 0. The summed E-state index contributed by atoms with van der Waals surface area (Å²) in [4.78, 5) is 44.2. The van der Waals surface area contributed by atoms with Crippen molar-refractivity contribution in [2.45, 2.75) is 38.6 Å². The Hall–Kier alpha value is -1.65. The minimum absolute atomic E-state index is 0.0149. The number of aliphatic hydroxyl groups excluding tert-OH is 1. The van der Waals surface area contributed by atoms with Crippen LogP contribution in [0, 0.1) is 5.92 Å². The van der Waals surface area contributed by atoms with Crippen molar-refractivity contribution in [1.29, 1.82) is 0 Å². The Morgan fingerprint density at radius 3 is 2.09 bits per heavy atom. The lowest BCUT2D eigenvalue weighted by Crippen LogP contribution is -2.40. The number of carboxylic acids is 3. The van der Waals surface area contributed by atoms with E-state index < -0.39 is 48.4 Å². The van der Waals surface area contributed by atoms with Gasteiger partial charge in [0.05, 0.1) is 6.42 Å². The van der Waals surface area contributed by atoms with Crippen LogP contribution in [0.3, 0.4) is 0 Å². The van der Waals surface area contributed by atoms with Gasteiger partial charge in [0.25, 0.3) is 0 Å². The Morgan fingerprint density at radius 1 is 1.04 bits per heavy atom. The number of aliphatic hydroxyl groups is 1. The molecule has 0 aliphatic carbocycles. The number of rotatable bonds is 13. The first kappa shape index (κ1) is 21.4. The lowest BCUT2D eigenvalue weighted by Gasteiger charge is -2.19. The molecule has 0 aliphatic rings. The molecule has 3 atom stereocenters. The van der Waals surface area contributed by atoms with Gasteiger partial charge in [-0.3, -0.25) is 14.4 Å². The van der Waals surface area contributed by atoms with E-state index in [9.17, 15) is 24.3 Å². The third-order valence-corrected chi connectivity index (χ3v) is 3.93. The Labute approximate surface area is 136 Å². The fraction of sp³-hybridized carbons (Fsp3) is 0.692. The summed E-state index contributed by atoms with van der Waals surface area (Å²) in [6.45, 7) is 1.95. The average Bonchev–Trinajstić information content (AvgIpc) is 2.46. The first-order valence-electron chi connectivity index (χ1n) is 6.83. The van der Waals surface area contributed by atoms with E-state index in [4.69, 9.17) is 20.1 Å². The summed E-state index contributed by atoms with van der Waals surface area (Å²) in [5.74, 6) is -6.84. The van der Waals surface area contributed by atoms with Crippen molar-refractivity contribution >= 4 is 35.5 Å². The molecule has 9 nitrogen and oxygen atoms in total. The van der Waals surface area contributed by atoms with Crippen LogP contribution in [0.5, 0.6) is 0 Å². The number of carboxylic acid groups (broad SMARTS) is 3. The highest BCUT2D eigenvalue weighted by molar-refractivity contribution is 7.99. The second-order valence-electron chi connectivity index (χ2n) is 4.61. The summed E-state index contributed by atoms with van der Waals surface area (Å²) in [5, 5.41) is 35.9.